The number of carboxylic acid groups (broad SMARTS) is 1. The van der Waals surface area contributed by atoms with Gasteiger partial charge in [-0.05, 0) is 72.6 Å². The third-order valence-electron chi connectivity index (χ3n) is 8.32. The predicted molar refractivity (Wildman–Crippen MR) is 169 cm³/mol. The summed E-state index contributed by atoms with van der Waals surface area (Å²) in [6.45, 7) is 4.42. The molecule has 230 valence electrons. The van der Waals surface area contributed by atoms with E-state index in [4.69, 9.17) is 21.8 Å². The highest BCUT2D eigenvalue weighted by Crippen LogP contribution is 2.45. The molecule has 5 N–H and O–H groups in total. The number of aliphatic hydroxyl groups excluding tert-OH is 1. The highest BCUT2D eigenvalue weighted by atomic mass is 35.5. The van der Waals surface area contributed by atoms with Gasteiger partial charge in [0.25, 0.3) is 5.91 Å². The predicted octanol–water partition coefficient (Wildman–Crippen LogP) is 5.44. The van der Waals surface area contributed by atoms with Gasteiger partial charge in [0.15, 0.2) is 0 Å². The van der Waals surface area contributed by atoms with Crippen molar-refractivity contribution in [3.63, 3.8) is 0 Å². The van der Waals surface area contributed by atoms with Crippen molar-refractivity contribution in [2.75, 3.05) is 32.8 Å². The van der Waals surface area contributed by atoms with Crippen LogP contribution >= 0.6 is 11.6 Å². The Balaban J connectivity index is 1.65. The minimum absolute atomic E-state index is 0.0664. The summed E-state index contributed by atoms with van der Waals surface area (Å²) >= 11 is 6.84. The number of hydrogen-bond acceptors (Lipinski definition) is 5. The maximum atomic E-state index is 13.6. The number of aryl methyl sites for hydroxylation is 1. The molecule has 3 aromatic rings. The van der Waals surface area contributed by atoms with Crippen molar-refractivity contribution in [1.82, 2.24) is 15.5 Å². The van der Waals surface area contributed by atoms with Crippen LogP contribution in [0.15, 0.2) is 66.7 Å². The van der Waals surface area contributed by atoms with Crippen LogP contribution in [0.2, 0.25) is 5.02 Å². The molecule has 0 aromatic heterocycles. The Morgan fingerprint density at radius 2 is 1.81 bits per heavy atom. The van der Waals surface area contributed by atoms with Crippen molar-refractivity contribution in [1.29, 1.82) is 0 Å². The van der Waals surface area contributed by atoms with Gasteiger partial charge in [-0.2, -0.15) is 0 Å². The highest BCUT2D eigenvalue weighted by Gasteiger charge is 2.43. The van der Waals surface area contributed by atoms with Gasteiger partial charge in [0, 0.05) is 54.8 Å². The molecule has 1 saturated heterocycles. The average Bonchev–Trinajstić information content (AvgIpc) is 3.03. The maximum absolute atomic E-state index is 13.6. The zero-order valence-electron chi connectivity index (χ0n) is 24.7. The number of nitrogens with one attached hydrogen (secondary N) is 2. The summed E-state index contributed by atoms with van der Waals surface area (Å²) in [5.74, 6) is -0.375. The van der Waals surface area contributed by atoms with Gasteiger partial charge in [-0.25, -0.2) is 4.79 Å². The molecule has 8 nitrogen and oxygen atoms in total. The molecule has 1 aliphatic heterocycles. The van der Waals surface area contributed by atoms with Crippen LogP contribution < -0.4 is 10.6 Å². The smallest absolute Gasteiger partial charge is 0.404 e. The molecule has 0 spiro atoms. The fourth-order valence-electron chi connectivity index (χ4n) is 6.05. The molecule has 0 bridgehead atoms. The number of nitrogens with zero attached hydrogens (tertiary/aromatic N) is 1. The quantitative estimate of drug-likeness (QED) is 0.165. The Morgan fingerprint density at radius 1 is 1.05 bits per heavy atom. The molecule has 1 aliphatic rings. The van der Waals surface area contributed by atoms with Crippen molar-refractivity contribution in [3.05, 3.63) is 94.0 Å². The van der Waals surface area contributed by atoms with E-state index >= 15 is 0 Å². The third kappa shape index (κ3) is 8.15. The van der Waals surface area contributed by atoms with E-state index in [1.54, 1.807) is 0 Å². The number of piperidine rings is 1. The molecule has 1 heterocycles. The Bertz CT molecular complexity index is 1380. The van der Waals surface area contributed by atoms with Crippen LogP contribution in [0.4, 0.5) is 4.79 Å². The number of carbonyl (C=O) groups excluding carboxylic acids is 1. The lowest BCUT2D eigenvalue weighted by atomic mass is 9.72. The molecule has 1 fully saturated rings. The molecule has 2 amide bonds. The molecular formula is C34H42ClN3O5. The molecule has 3 aromatic carbocycles. The first kappa shape index (κ1) is 32.5. The molecule has 4 rings (SSSR count). The van der Waals surface area contributed by atoms with Crippen LogP contribution in [0.5, 0.6) is 0 Å². The lowest BCUT2D eigenvalue weighted by molar-refractivity contribution is -0.0563. The van der Waals surface area contributed by atoms with Crippen LogP contribution in [0.3, 0.4) is 0 Å². The maximum Gasteiger partial charge on any atom is 0.404 e. The number of likely N-dealkylation sites (tertiary alicyclic amines) is 1. The van der Waals surface area contributed by atoms with Crippen LogP contribution in [-0.2, 0) is 18.6 Å². The Hall–Kier alpha value is -3.43. The van der Waals surface area contributed by atoms with Crippen molar-refractivity contribution in [2.24, 2.45) is 5.92 Å². The van der Waals surface area contributed by atoms with Gasteiger partial charge >= 0.3 is 6.09 Å². The van der Waals surface area contributed by atoms with Gasteiger partial charge in [0.05, 0.1) is 12.2 Å². The second-order valence-electron chi connectivity index (χ2n) is 11.2. The normalized spacial score (nSPS) is 16.5. The summed E-state index contributed by atoms with van der Waals surface area (Å²) in [7, 11) is 0. The lowest BCUT2D eigenvalue weighted by Gasteiger charge is -2.44. The zero-order chi connectivity index (χ0) is 30.8. The number of benzene rings is 3. The van der Waals surface area contributed by atoms with Crippen molar-refractivity contribution in [3.8, 4) is 11.1 Å². The van der Waals surface area contributed by atoms with E-state index in [1.165, 1.54) is 0 Å². The Labute approximate surface area is 258 Å². The first-order valence-electron chi connectivity index (χ1n) is 15.0. The van der Waals surface area contributed by atoms with Gasteiger partial charge < -0.3 is 30.9 Å². The summed E-state index contributed by atoms with van der Waals surface area (Å²) in [6.07, 6.45) is 1.92. The SMILES string of the molecule is CCc1cccc(-c2c(Cl)cccc2[C@](O)(CCCNC(=O)O)[C@@H]2CCCN(C(=O)c3ccc(CNCCO)cc3)C2)c1. The minimum atomic E-state index is -1.36. The molecule has 9 heteroatoms. The number of carbonyl (C=O) groups is 2. The van der Waals surface area contributed by atoms with Gasteiger partial charge in [0.2, 0.25) is 0 Å². The number of amides is 2. The summed E-state index contributed by atoms with van der Waals surface area (Å²) in [5.41, 5.74) is 3.78. The van der Waals surface area contributed by atoms with Gasteiger partial charge in [-0.15, -0.1) is 0 Å². The van der Waals surface area contributed by atoms with Crippen LogP contribution in [0.1, 0.15) is 59.7 Å². The van der Waals surface area contributed by atoms with E-state index in [0.29, 0.717) is 61.6 Å². The molecule has 43 heavy (non-hydrogen) atoms. The summed E-state index contributed by atoms with van der Waals surface area (Å²) in [5, 5.41) is 36.9. The van der Waals surface area contributed by atoms with Crippen LogP contribution in [0.25, 0.3) is 11.1 Å². The number of halogens is 1. The first-order valence-corrected chi connectivity index (χ1v) is 15.4. The molecule has 0 radical (unpaired) electrons. The van der Waals surface area contributed by atoms with Gasteiger partial charge in [0.1, 0.15) is 0 Å². The molecule has 0 unspecified atom stereocenters. The fraction of sp³-hybridized carbons (Fsp3) is 0.412. The van der Waals surface area contributed by atoms with Crippen molar-refractivity contribution < 1.29 is 24.9 Å². The van der Waals surface area contributed by atoms with Crippen LogP contribution in [0, 0.1) is 5.92 Å². The topological polar surface area (TPSA) is 122 Å². The second-order valence-corrected chi connectivity index (χ2v) is 11.6. The number of rotatable bonds is 13. The second kappa shape index (κ2) is 15.3. The minimum Gasteiger partial charge on any atom is -0.465 e. The van der Waals surface area contributed by atoms with Crippen molar-refractivity contribution >= 4 is 23.6 Å². The summed E-state index contributed by atoms with van der Waals surface area (Å²) < 4.78 is 0. The zero-order valence-corrected chi connectivity index (χ0v) is 25.4. The van der Waals surface area contributed by atoms with E-state index in [1.807, 2.05) is 59.5 Å². The molecule has 2 atom stereocenters. The lowest BCUT2D eigenvalue weighted by Crippen LogP contribution is -2.48. The van der Waals surface area contributed by atoms with E-state index in [9.17, 15) is 14.7 Å². The average molecular weight is 608 g/mol. The fourth-order valence-corrected chi connectivity index (χ4v) is 6.33. The van der Waals surface area contributed by atoms with Crippen LogP contribution in [-0.4, -0.2) is 65.0 Å². The molecule has 0 aliphatic carbocycles. The number of hydrogen-bond donors (Lipinski definition) is 5. The Morgan fingerprint density at radius 3 is 2.53 bits per heavy atom. The molecule has 0 saturated carbocycles. The standard InChI is InChI=1S/C34H42ClN3O5/c1-2-24-7-3-8-27(21-24)31-29(10-4-11-30(31)35)34(43,16-6-17-37-33(41)42)28-9-5-19-38(23-28)32(40)26-14-12-25(13-15-26)22-36-18-20-39/h3-4,7-8,10-15,21,28,36-37,39,43H,2,5-6,9,16-20,22-23H2,1H3,(H,41,42)/t28-,34+/m1/s1. The van der Waals surface area contributed by atoms with E-state index in [2.05, 4.69) is 29.7 Å². The van der Waals surface area contributed by atoms with E-state index in [0.717, 1.165) is 35.1 Å². The van der Waals surface area contributed by atoms with E-state index < -0.39 is 11.7 Å². The van der Waals surface area contributed by atoms with E-state index in [-0.39, 0.29) is 25.0 Å². The largest absolute Gasteiger partial charge is 0.465 e. The molecular weight excluding hydrogens is 566 g/mol. The Kier molecular flexibility index (Phi) is 11.6. The number of aliphatic hydroxyl groups is 2. The monoisotopic (exact) mass is 607 g/mol. The first-order chi connectivity index (χ1) is 20.8. The highest BCUT2D eigenvalue weighted by molar-refractivity contribution is 6.33. The summed E-state index contributed by atoms with van der Waals surface area (Å²) in [6, 6.07) is 21.2. The van der Waals surface area contributed by atoms with Gasteiger partial charge in [-0.1, -0.05) is 67.1 Å². The van der Waals surface area contributed by atoms with Gasteiger partial charge in [-0.3, -0.25) is 4.79 Å². The third-order valence-corrected chi connectivity index (χ3v) is 8.63. The summed E-state index contributed by atoms with van der Waals surface area (Å²) in [4.78, 5) is 26.6. The van der Waals surface area contributed by atoms with Crippen molar-refractivity contribution in [2.45, 2.75) is 51.2 Å².